The first-order chi connectivity index (χ1) is 11.8. The molecule has 0 saturated heterocycles. The van der Waals surface area contributed by atoms with Crippen LogP contribution in [0, 0.1) is 5.92 Å². The Labute approximate surface area is 157 Å². The van der Waals surface area contributed by atoms with Gasteiger partial charge in [-0.05, 0) is 35.7 Å². The second-order valence-electron chi connectivity index (χ2n) is 6.00. The van der Waals surface area contributed by atoms with Gasteiger partial charge in [0.2, 0.25) is 15.9 Å². The SMILES string of the molecule is CC(C)[C@H](NS(=O)(=O)c1ccc(Br)cc1)C(=O)NCc1ccccc1. The van der Waals surface area contributed by atoms with Crippen LogP contribution in [-0.4, -0.2) is 20.4 Å². The molecule has 2 rings (SSSR count). The van der Waals surface area contributed by atoms with Gasteiger partial charge in [0.1, 0.15) is 6.04 Å². The van der Waals surface area contributed by atoms with Crippen LogP contribution in [0.25, 0.3) is 0 Å². The molecule has 0 aliphatic heterocycles. The molecular formula is C18H21BrN2O3S. The van der Waals surface area contributed by atoms with Crippen LogP contribution < -0.4 is 10.0 Å². The minimum absolute atomic E-state index is 0.122. The number of carbonyl (C=O) groups is 1. The molecule has 0 unspecified atom stereocenters. The number of sulfonamides is 1. The lowest BCUT2D eigenvalue weighted by Crippen LogP contribution is -2.49. The first-order valence-electron chi connectivity index (χ1n) is 7.89. The van der Waals surface area contributed by atoms with Crippen molar-refractivity contribution in [3.63, 3.8) is 0 Å². The molecule has 0 aliphatic carbocycles. The molecule has 0 bridgehead atoms. The molecule has 0 aliphatic rings. The average Bonchev–Trinajstić information content (AvgIpc) is 2.58. The van der Waals surface area contributed by atoms with Crippen molar-refractivity contribution in [3.05, 3.63) is 64.6 Å². The van der Waals surface area contributed by atoms with Crippen LogP contribution in [0.3, 0.4) is 0 Å². The van der Waals surface area contributed by atoms with E-state index in [1.165, 1.54) is 12.1 Å². The normalized spacial score (nSPS) is 12.8. The van der Waals surface area contributed by atoms with E-state index in [1.54, 1.807) is 26.0 Å². The first-order valence-corrected chi connectivity index (χ1v) is 10.2. The molecule has 0 aromatic heterocycles. The molecule has 0 fully saturated rings. The summed E-state index contributed by atoms with van der Waals surface area (Å²) in [6.45, 7) is 3.95. The Morgan fingerprint density at radius 2 is 1.64 bits per heavy atom. The van der Waals surface area contributed by atoms with Crippen LogP contribution in [0.1, 0.15) is 19.4 Å². The number of hydrogen-bond donors (Lipinski definition) is 2. The lowest BCUT2D eigenvalue weighted by atomic mass is 10.0. The van der Waals surface area contributed by atoms with Crippen molar-refractivity contribution in [1.29, 1.82) is 0 Å². The number of hydrogen-bond acceptors (Lipinski definition) is 3. The summed E-state index contributed by atoms with van der Waals surface area (Å²) in [7, 11) is -3.78. The minimum atomic E-state index is -3.78. The van der Waals surface area contributed by atoms with Crippen LogP contribution >= 0.6 is 15.9 Å². The molecule has 7 heteroatoms. The quantitative estimate of drug-likeness (QED) is 0.716. The van der Waals surface area contributed by atoms with E-state index in [2.05, 4.69) is 26.0 Å². The summed E-state index contributed by atoms with van der Waals surface area (Å²) in [5, 5.41) is 2.79. The molecule has 2 aromatic rings. The van der Waals surface area contributed by atoms with Crippen molar-refractivity contribution in [1.82, 2.24) is 10.0 Å². The van der Waals surface area contributed by atoms with Crippen molar-refractivity contribution in [2.45, 2.75) is 31.3 Å². The highest BCUT2D eigenvalue weighted by Crippen LogP contribution is 2.16. The summed E-state index contributed by atoms with van der Waals surface area (Å²) in [5.41, 5.74) is 0.953. The van der Waals surface area contributed by atoms with E-state index in [0.29, 0.717) is 6.54 Å². The highest BCUT2D eigenvalue weighted by Gasteiger charge is 2.28. The van der Waals surface area contributed by atoms with E-state index in [1.807, 2.05) is 30.3 Å². The van der Waals surface area contributed by atoms with Gasteiger partial charge in [0.25, 0.3) is 0 Å². The van der Waals surface area contributed by atoms with Gasteiger partial charge >= 0.3 is 0 Å². The first kappa shape index (κ1) is 19.6. The Morgan fingerprint density at radius 3 is 2.20 bits per heavy atom. The van der Waals surface area contributed by atoms with Gasteiger partial charge in [-0.15, -0.1) is 0 Å². The average molecular weight is 425 g/mol. The molecule has 134 valence electrons. The van der Waals surface area contributed by atoms with E-state index >= 15 is 0 Å². The van der Waals surface area contributed by atoms with Crippen molar-refractivity contribution >= 4 is 31.9 Å². The summed E-state index contributed by atoms with van der Waals surface area (Å²) in [6, 6.07) is 14.9. The monoisotopic (exact) mass is 424 g/mol. The fourth-order valence-electron chi connectivity index (χ4n) is 2.24. The van der Waals surface area contributed by atoms with E-state index in [4.69, 9.17) is 0 Å². The highest BCUT2D eigenvalue weighted by molar-refractivity contribution is 9.10. The van der Waals surface area contributed by atoms with Crippen molar-refractivity contribution < 1.29 is 13.2 Å². The predicted molar refractivity (Wildman–Crippen MR) is 101 cm³/mol. The van der Waals surface area contributed by atoms with Crippen molar-refractivity contribution in [3.8, 4) is 0 Å². The maximum absolute atomic E-state index is 12.5. The number of nitrogens with one attached hydrogen (secondary N) is 2. The number of amides is 1. The smallest absolute Gasteiger partial charge is 0.241 e. The Balaban J connectivity index is 2.09. The van der Waals surface area contributed by atoms with Gasteiger partial charge in [0, 0.05) is 11.0 Å². The molecule has 2 aromatic carbocycles. The summed E-state index contributed by atoms with van der Waals surface area (Å²) in [5.74, 6) is -0.541. The summed E-state index contributed by atoms with van der Waals surface area (Å²) in [6.07, 6.45) is 0. The molecule has 0 heterocycles. The third kappa shape index (κ3) is 5.66. The number of carbonyl (C=O) groups excluding carboxylic acids is 1. The van der Waals surface area contributed by atoms with Gasteiger partial charge in [-0.3, -0.25) is 4.79 Å². The molecule has 1 amide bonds. The fourth-order valence-corrected chi connectivity index (χ4v) is 3.84. The third-order valence-electron chi connectivity index (χ3n) is 3.66. The second-order valence-corrected chi connectivity index (χ2v) is 8.63. The Kier molecular flexibility index (Phi) is 6.75. The molecule has 2 N–H and O–H groups in total. The zero-order valence-electron chi connectivity index (χ0n) is 14.1. The third-order valence-corrected chi connectivity index (χ3v) is 5.65. The van der Waals surface area contributed by atoms with Crippen LogP contribution in [0.15, 0.2) is 64.0 Å². The molecule has 0 spiro atoms. The maximum atomic E-state index is 12.5. The number of benzene rings is 2. The van der Waals surface area contributed by atoms with Crippen molar-refractivity contribution in [2.24, 2.45) is 5.92 Å². The van der Waals surface area contributed by atoms with Crippen LogP contribution in [0.4, 0.5) is 0 Å². The van der Waals surface area contributed by atoms with Crippen molar-refractivity contribution in [2.75, 3.05) is 0 Å². The van der Waals surface area contributed by atoms with E-state index in [0.717, 1.165) is 10.0 Å². The van der Waals surface area contributed by atoms with E-state index in [-0.39, 0.29) is 16.7 Å². The highest BCUT2D eigenvalue weighted by atomic mass is 79.9. The largest absolute Gasteiger partial charge is 0.351 e. The molecule has 1 atom stereocenters. The fraction of sp³-hybridized carbons (Fsp3) is 0.278. The predicted octanol–water partition coefficient (Wildman–Crippen LogP) is 3.07. The van der Waals surface area contributed by atoms with Gasteiger partial charge in [-0.25, -0.2) is 8.42 Å². The zero-order chi connectivity index (χ0) is 18.4. The number of halogens is 1. The second kappa shape index (κ2) is 8.60. The topological polar surface area (TPSA) is 75.3 Å². The lowest BCUT2D eigenvalue weighted by molar-refractivity contribution is -0.123. The Morgan fingerprint density at radius 1 is 1.04 bits per heavy atom. The molecule has 25 heavy (non-hydrogen) atoms. The summed E-state index contributed by atoms with van der Waals surface area (Å²) < 4.78 is 28.4. The molecule has 0 saturated carbocycles. The molecular weight excluding hydrogens is 404 g/mol. The van der Waals surface area contributed by atoms with E-state index < -0.39 is 16.1 Å². The summed E-state index contributed by atoms with van der Waals surface area (Å²) >= 11 is 3.27. The van der Waals surface area contributed by atoms with Crippen LogP contribution in [-0.2, 0) is 21.4 Å². The minimum Gasteiger partial charge on any atom is -0.351 e. The molecule has 0 radical (unpaired) electrons. The van der Waals surface area contributed by atoms with Gasteiger partial charge in [-0.2, -0.15) is 4.72 Å². The lowest BCUT2D eigenvalue weighted by Gasteiger charge is -2.21. The Bertz CT molecular complexity index is 806. The van der Waals surface area contributed by atoms with Crippen LogP contribution in [0.5, 0.6) is 0 Å². The molecule has 5 nitrogen and oxygen atoms in total. The van der Waals surface area contributed by atoms with Gasteiger partial charge in [-0.1, -0.05) is 60.1 Å². The van der Waals surface area contributed by atoms with Gasteiger partial charge < -0.3 is 5.32 Å². The maximum Gasteiger partial charge on any atom is 0.241 e. The Hall–Kier alpha value is -1.70. The number of rotatable bonds is 7. The zero-order valence-corrected chi connectivity index (χ0v) is 16.5. The van der Waals surface area contributed by atoms with Gasteiger partial charge in [0.05, 0.1) is 4.90 Å². The van der Waals surface area contributed by atoms with E-state index in [9.17, 15) is 13.2 Å². The standard InChI is InChI=1S/C18H21BrN2O3S/c1-13(2)17(18(22)20-12-14-6-4-3-5-7-14)21-25(23,24)16-10-8-15(19)9-11-16/h3-11,13,17,21H,12H2,1-2H3,(H,20,22)/t17-/m0/s1. The van der Waals surface area contributed by atoms with Crippen LogP contribution in [0.2, 0.25) is 0 Å². The van der Waals surface area contributed by atoms with Gasteiger partial charge in [0.15, 0.2) is 0 Å². The summed E-state index contributed by atoms with van der Waals surface area (Å²) in [4.78, 5) is 12.6.